The molecule has 0 aliphatic carbocycles. The minimum Gasteiger partial charge on any atom is -0.493 e. The zero-order valence-corrected chi connectivity index (χ0v) is 13.1. The van der Waals surface area contributed by atoms with Gasteiger partial charge in [0.1, 0.15) is 5.75 Å². The summed E-state index contributed by atoms with van der Waals surface area (Å²) in [6.45, 7) is 4.74. The second-order valence-electron chi connectivity index (χ2n) is 4.85. The first-order chi connectivity index (χ1) is 9.28. The van der Waals surface area contributed by atoms with E-state index in [2.05, 4.69) is 21.2 Å². The highest BCUT2D eigenvalue weighted by Crippen LogP contribution is 2.25. The van der Waals surface area contributed by atoms with Gasteiger partial charge in [0.15, 0.2) is 0 Å². The zero-order chi connectivity index (χ0) is 15.2. The molecule has 0 fully saturated rings. The summed E-state index contributed by atoms with van der Waals surface area (Å²) in [6.07, 6.45) is -4.97. The minimum absolute atomic E-state index is 0.0311. The molecule has 0 saturated carbocycles. The van der Waals surface area contributed by atoms with E-state index < -0.39 is 12.6 Å². The first-order valence-corrected chi connectivity index (χ1v) is 7.28. The lowest BCUT2D eigenvalue weighted by Crippen LogP contribution is -2.22. The first kappa shape index (κ1) is 17.3. The van der Waals surface area contributed by atoms with Crippen molar-refractivity contribution in [2.45, 2.75) is 45.5 Å². The molecule has 1 aromatic rings. The lowest BCUT2D eigenvalue weighted by atomic mass is 10.2. The van der Waals surface area contributed by atoms with E-state index in [1.165, 1.54) is 0 Å². The number of rotatable bonds is 7. The van der Waals surface area contributed by atoms with Crippen molar-refractivity contribution in [2.24, 2.45) is 0 Å². The molecule has 0 atom stereocenters. The molecule has 0 heterocycles. The topological polar surface area (TPSA) is 21.3 Å². The van der Waals surface area contributed by atoms with Gasteiger partial charge in [0.2, 0.25) is 0 Å². The van der Waals surface area contributed by atoms with Crippen LogP contribution < -0.4 is 10.1 Å². The maximum Gasteiger partial charge on any atom is 0.389 e. The molecule has 1 aromatic carbocycles. The molecule has 0 amide bonds. The number of alkyl halides is 3. The van der Waals surface area contributed by atoms with Crippen LogP contribution >= 0.6 is 15.9 Å². The van der Waals surface area contributed by atoms with Gasteiger partial charge >= 0.3 is 6.18 Å². The number of nitrogens with one attached hydrogen (secondary N) is 1. The fourth-order valence-corrected chi connectivity index (χ4v) is 2.00. The van der Waals surface area contributed by atoms with Gasteiger partial charge in [-0.1, -0.05) is 29.8 Å². The van der Waals surface area contributed by atoms with Gasteiger partial charge in [-0.3, -0.25) is 0 Å². The average molecular weight is 354 g/mol. The van der Waals surface area contributed by atoms with Crippen LogP contribution in [0.15, 0.2) is 22.7 Å². The van der Waals surface area contributed by atoms with E-state index in [-0.39, 0.29) is 13.0 Å². The number of halogens is 4. The van der Waals surface area contributed by atoms with Crippen molar-refractivity contribution in [2.75, 3.05) is 6.61 Å². The Morgan fingerprint density at radius 2 is 2.00 bits per heavy atom. The van der Waals surface area contributed by atoms with Crippen molar-refractivity contribution < 1.29 is 17.9 Å². The van der Waals surface area contributed by atoms with Crippen LogP contribution in [0.2, 0.25) is 0 Å². The maximum atomic E-state index is 12.1. The molecule has 0 saturated heterocycles. The highest BCUT2D eigenvalue weighted by molar-refractivity contribution is 9.10. The Morgan fingerprint density at radius 3 is 2.60 bits per heavy atom. The molecule has 0 spiro atoms. The molecule has 2 nitrogen and oxygen atoms in total. The normalized spacial score (nSPS) is 11.9. The largest absolute Gasteiger partial charge is 0.493 e. The number of hydrogen-bond acceptors (Lipinski definition) is 2. The SMILES string of the molecule is CC(C)NCc1cc(Br)ccc1OCCCC(F)(F)F. The molecule has 6 heteroatoms. The van der Waals surface area contributed by atoms with Gasteiger partial charge in [-0.05, 0) is 24.6 Å². The van der Waals surface area contributed by atoms with Gasteiger partial charge < -0.3 is 10.1 Å². The van der Waals surface area contributed by atoms with Crippen LogP contribution in [-0.4, -0.2) is 18.8 Å². The van der Waals surface area contributed by atoms with E-state index in [4.69, 9.17) is 4.74 Å². The Bertz CT molecular complexity index is 421. The van der Waals surface area contributed by atoms with Crippen LogP contribution in [0.5, 0.6) is 5.75 Å². The third-order valence-electron chi connectivity index (χ3n) is 2.59. The van der Waals surface area contributed by atoms with Crippen molar-refractivity contribution in [1.82, 2.24) is 5.32 Å². The minimum atomic E-state index is -4.12. The fourth-order valence-electron chi connectivity index (χ4n) is 1.60. The molecule has 0 unspecified atom stereocenters. The molecule has 0 bridgehead atoms. The van der Waals surface area contributed by atoms with Crippen molar-refractivity contribution in [1.29, 1.82) is 0 Å². The van der Waals surface area contributed by atoms with Crippen molar-refractivity contribution in [3.05, 3.63) is 28.2 Å². The Labute approximate surface area is 125 Å². The van der Waals surface area contributed by atoms with Gasteiger partial charge in [0.05, 0.1) is 6.61 Å². The summed E-state index contributed by atoms with van der Waals surface area (Å²) < 4.78 is 42.5. The summed E-state index contributed by atoms with van der Waals surface area (Å²) in [5.74, 6) is 0.628. The van der Waals surface area contributed by atoms with Crippen molar-refractivity contribution >= 4 is 15.9 Å². The van der Waals surface area contributed by atoms with Crippen LogP contribution in [0, 0.1) is 0 Å². The predicted octanol–water partition coefficient (Wildman–Crippen LogP) is 4.67. The standard InChI is InChI=1S/C14H19BrF3NO/c1-10(2)19-9-11-8-12(15)4-5-13(11)20-7-3-6-14(16,17)18/h4-5,8,10,19H,3,6-7,9H2,1-2H3. The van der Waals surface area contributed by atoms with Gasteiger partial charge in [0, 0.05) is 29.0 Å². The summed E-state index contributed by atoms with van der Waals surface area (Å²) >= 11 is 3.38. The van der Waals surface area contributed by atoms with Crippen LogP contribution in [0.1, 0.15) is 32.3 Å². The summed E-state index contributed by atoms with van der Waals surface area (Å²) in [5, 5.41) is 3.26. The molecule has 20 heavy (non-hydrogen) atoms. The van der Waals surface area contributed by atoms with E-state index in [9.17, 15) is 13.2 Å². The fraction of sp³-hybridized carbons (Fsp3) is 0.571. The maximum absolute atomic E-state index is 12.1. The van der Waals surface area contributed by atoms with Crippen LogP contribution in [0.25, 0.3) is 0 Å². The van der Waals surface area contributed by atoms with Gasteiger partial charge in [-0.15, -0.1) is 0 Å². The van der Waals surface area contributed by atoms with Gasteiger partial charge in [-0.25, -0.2) is 0 Å². The molecular weight excluding hydrogens is 335 g/mol. The smallest absolute Gasteiger partial charge is 0.389 e. The summed E-state index contributed by atoms with van der Waals surface area (Å²) in [7, 11) is 0. The second kappa shape index (κ2) is 7.88. The van der Waals surface area contributed by atoms with E-state index in [0.29, 0.717) is 18.3 Å². The number of benzene rings is 1. The first-order valence-electron chi connectivity index (χ1n) is 6.49. The molecule has 0 aromatic heterocycles. The zero-order valence-electron chi connectivity index (χ0n) is 11.6. The monoisotopic (exact) mass is 353 g/mol. The third-order valence-corrected chi connectivity index (χ3v) is 3.08. The predicted molar refractivity (Wildman–Crippen MR) is 76.9 cm³/mol. The van der Waals surface area contributed by atoms with E-state index in [0.717, 1.165) is 10.0 Å². The highest BCUT2D eigenvalue weighted by Gasteiger charge is 2.26. The molecule has 1 N–H and O–H groups in total. The highest BCUT2D eigenvalue weighted by atomic mass is 79.9. The molecule has 0 aliphatic heterocycles. The Hall–Kier alpha value is -0.750. The summed E-state index contributed by atoms with van der Waals surface area (Å²) in [5.41, 5.74) is 0.931. The van der Waals surface area contributed by atoms with Crippen molar-refractivity contribution in [3.8, 4) is 5.75 Å². The van der Waals surface area contributed by atoms with E-state index in [1.807, 2.05) is 26.0 Å². The third kappa shape index (κ3) is 7.14. The lowest BCUT2D eigenvalue weighted by molar-refractivity contribution is -0.136. The Kier molecular flexibility index (Phi) is 6.82. The molecule has 1 rings (SSSR count). The average Bonchev–Trinajstić information content (AvgIpc) is 2.32. The van der Waals surface area contributed by atoms with Gasteiger partial charge in [0.25, 0.3) is 0 Å². The van der Waals surface area contributed by atoms with E-state index >= 15 is 0 Å². The lowest BCUT2D eigenvalue weighted by Gasteiger charge is -2.14. The summed E-state index contributed by atoms with van der Waals surface area (Å²) in [4.78, 5) is 0. The molecule has 0 radical (unpaired) electrons. The Morgan fingerprint density at radius 1 is 1.30 bits per heavy atom. The van der Waals surface area contributed by atoms with E-state index in [1.54, 1.807) is 6.07 Å². The molecule has 114 valence electrons. The number of hydrogen-bond donors (Lipinski definition) is 1. The quantitative estimate of drug-likeness (QED) is 0.719. The Balaban J connectivity index is 2.55. The molecule has 0 aliphatic rings. The van der Waals surface area contributed by atoms with Crippen LogP contribution in [0.3, 0.4) is 0 Å². The summed E-state index contributed by atoms with van der Waals surface area (Å²) in [6, 6.07) is 5.83. The molecular formula is C14H19BrF3NO. The van der Waals surface area contributed by atoms with Crippen molar-refractivity contribution in [3.63, 3.8) is 0 Å². The number of ether oxygens (including phenoxy) is 1. The second-order valence-corrected chi connectivity index (χ2v) is 5.77. The van der Waals surface area contributed by atoms with Crippen LogP contribution in [0.4, 0.5) is 13.2 Å². The van der Waals surface area contributed by atoms with Crippen LogP contribution in [-0.2, 0) is 6.54 Å². The van der Waals surface area contributed by atoms with Gasteiger partial charge in [-0.2, -0.15) is 13.2 Å².